The predicted molar refractivity (Wildman–Crippen MR) is 43.5 cm³/mol. The molecule has 0 aromatic heterocycles. The lowest BCUT2D eigenvalue weighted by atomic mass is 10.4. The van der Waals surface area contributed by atoms with E-state index in [0.717, 1.165) is 12.2 Å². The lowest BCUT2D eigenvalue weighted by Gasteiger charge is -2.20. The zero-order valence-corrected chi connectivity index (χ0v) is 6.60. The van der Waals surface area contributed by atoms with Crippen molar-refractivity contribution in [1.82, 2.24) is 10.4 Å². The van der Waals surface area contributed by atoms with E-state index in [0.29, 0.717) is 6.54 Å². The number of nitrogens with zero attached hydrogens (tertiary/aromatic N) is 2. The Bertz CT molecular complexity index is 236. The van der Waals surface area contributed by atoms with Crippen LogP contribution in [0.1, 0.15) is 0 Å². The summed E-state index contributed by atoms with van der Waals surface area (Å²) >= 11 is 0. The van der Waals surface area contributed by atoms with Gasteiger partial charge in [-0.15, -0.1) is 12.4 Å². The van der Waals surface area contributed by atoms with E-state index in [9.17, 15) is 4.79 Å². The molecule has 2 rings (SSSR count). The molecule has 0 aromatic rings. The van der Waals surface area contributed by atoms with Gasteiger partial charge in [-0.1, -0.05) is 0 Å². The highest BCUT2D eigenvalue weighted by molar-refractivity contribution is 5.95. The lowest BCUT2D eigenvalue weighted by molar-refractivity contribution is -0.119. The molecule has 2 aliphatic heterocycles. The number of hydrazine groups is 1. The summed E-state index contributed by atoms with van der Waals surface area (Å²) in [5, 5.41) is 1.80. The molecule has 60 valence electrons. The molecule has 2 aliphatic rings. The van der Waals surface area contributed by atoms with Crippen LogP contribution in [0.5, 0.6) is 0 Å². The molecule has 0 saturated heterocycles. The molecule has 0 aliphatic carbocycles. The summed E-state index contributed by atoms with van der Waals surface area (Å²) in [5.74, 6) is -0.0912. The average molecular weight is 174 g/mol. The Morgan fingerprint density at radius 2 is 2.45 bits per heavy atom. The van der Waals surface area contributed by atoms with E-state index >= 15 is 0 Å². The van der Waals surface area contributed by atoms with E-state index in [1.165, 1.54) is 0 Å². The Morgan fingerprint density at radius 3 is 3.27 bits per heavy atom. The Balaban J connectivity index is 0.000000605. The van der Waals surface area contributed by atoms with Gasteiger partial charge in [-0.05, 0) is 6.08 Å². The molecule has 1 amide bonds. The van der Waals surface area contributed by atoms with Crippen LogP contribution in [0.15, 0.2) is 16.8 Å². The second kappa shape index (κ2) is 3.02. The first-order valence-electron chi connectivity index (χ1n) is 3.14. The summed E-state index contributed by atoms with van der Waals surface area (Å²) in [4.78, 5) is 14.4. The third-order valence-electron chi connectivity index (χ3n) is 1.54. The van der Waals surface area contributed by atoms with E-state index < -0.39 is 0 Å². The van der Waals surface area contributed by atoms with Crippen molar-refractivity contribution >= 4 is 24.5 Å². The van der Waals surface area contributed by atoms with Gasteiger partial charge in [0, 0.05) is 6.54 Å². The second-order valence-corrected chi connectivity index (χ2v) is 2.23. The molecule has 4 nitrogen and oxygen atoms in total. The van der Waals surface area contributed by atoms with Gasteiger partial charge in [-0.2, -0.15) is 0 Å². The van der Waals surface area contributed by atoms with Crippen molar-refractivity contribution in [2.45, 2.75) is 0 Å². The second-order valence-electron chi connectivity index (χ2n) is 2.23. The van der Waals surface area contributed by atoms with Crippen LogP contribution < -0.4 is 5.43 Å². The van der Waals surface area contributed by atoms with Crippen molar-refractivity contribution in [2.75, 3.05) is 13.1 Å². The first kappa shape index (κ1) is 8.23. The van der Waals surface area contributed by atoms with Crippen LogP contribution in [0, 0.1) is 0 Å². The fourth-order valence-electron chi connectivity index (χ4n) is 1.05. The predicted octanol–water partition coefficient (Wildman–Crippen LogP) is -0.277. The van der Waals surface area contributed by atoms with Crippen LogP contribution in [-0.4, -0.2) is 30.2 Å². The minimum absolute atomic E-state index is 0. The van der Waals surface area contributed by atoms with Crippen molar-refractivity contribution in [3.8, 4) is 0 Å². The fraction of sp³-hybridized carbons (Fsp3) is 0.333. The number of amides is 1. The smallest absolute Gasteiger partial charge is 0.266 e. The zero-order valence-electron chi connectivity index (χ0n) is 5.78. The number of carbonyl (C=O) groups excluding carboxylic acids is 1. The molecule has 0 radical (unpaired) electrons. The molecule has 0 fully saturated rings. The van der Waals surface area contributed by atoms with Gasteiger partial charge in [-0.3, -0.25) is 9.80 Å². The van der Waals surface area contributed by atoms with Gasteiger partial charge in [0.05, 0.1) is 11.9 Å². The number of aliphatic imine (C=N–C) groups is 1. The summed E-state index contributed by atoms with van der Waals surface area (Å²) in [6, 6.07) is 0. The molecule has 2 heterocycles. The molecule has 0 unspecified atom stereocenters. The quantitative estimate of drug-likeness (QED) is 0.548. The molecule has 0 bridgehead atoms. The maximum absolute atomic E-state index is 10.7. The lowest BCUT2D eigenvalue weighted by Crippen LogP contribution is -2.38. The van der Waals surface area contributed by atoms with Crippen molar-refractivity contribution in [3.63, 3.8) is 0 Å². The minimum atomic E-state index is -0.0912. The number of fused-ring (bicyclic) bond motifs is 1. The van der Waals surface area contributed by atoms with Crippen LogP contribution >= 0.6 is 12.4 Å². The molecule has 0 atom stereocenters. The van der Waals surface area contributed by atoms with E-state index in [1.807, 2.05) is 6.08 Å². The number of hydrogen-bond donors (Lipinski definition) is 1. The van der Waals surface area contributed by atoms with E-state index in [4.69, 9.17) is 0 Å². The van der Waals surface area contributed by atoms with Crippen LogP contribution in [0.25, 0.3) is 0 Å². The fourth-order valence-corrected chi connectivity index (χ4v) is 1.05. The first-order valence-corrected chi connectivity index (χ1v) is 3.14. The van der Waals surface area contributed by atoms with Gasteiger partial charge in [-0.25, -0.2) is 10.4 Å². The highest BCUT2D eigenvalue weighted by Gasteiger charge is 2.19. The molecule has 0 aromatic carbocycles. The Kier molecular flexibility index (Phi) is 2.26. The maximum Gasteiger partial charge on any atom is 0.266 e. The van der Waals surface area contributed by atoms with Crippen molar-refractivity contribution < 1.29 is 4.79 Å². The third kappa shape index (κ3) is 1.41. The van der Waals surface area contributed by atoms with Crippen LogP contribution in [0.3, 0.4) is 0 Å². The Hall–Kier alpha value is -0.870. The zero-order chi connectivity index (χ0) is 6.97. The highest BCUT2D eigenvalue weighted by Crippen LogP contribution is 2.07. The molecular weight excluding hydrogens is 166 g/mol. The molecule has 11 heavy (non-hydrogen) atoms. The van der Waals surface area contributed by atoms with Gasteiger partial charge in [0.1, 0.15) is 6.54 Å². The summed E-state index contributed by atoms with van der Waals surface area (Å²) in [6.45, 7) is 1.16. The van der Waals surface area contributed by atoms with Gasteiger partial charge >= 0.3 is 0 Å². The largest absolute Gasteiger partial charge is 0.297 e. The van der Waals surface area contributed by atoms with E-state index in [2.05, 4.69) is 10.4 Å². The number of rotatable bonds is 0. The molecule has 1 N–H and O–H groups in total. The minimum Gasteiger partial charge on any atom is -0.297 e. The van der Waals surface area contributed by atoms with Crippen LogP contribution in [0.4, 0.5) is 0 Å². The third-order valence-corrected chi connectivity index (χ3v) is 1.54. The van der Waals surface area contributed by atoms with Gasteiger partial charge in [0.2, 0.25) is 0 Å². The Morgan fingerprint density at radius 1 is 1.64 bits per heavy atom. The molecular formula is C6H8ClN3O. The van der Waals surface area contributed by atoms with Crippen molar-refractivity contribution in [3.05, 3.63) is 11.8 Å². The summed E-state index contributed by atoms with van der Waals surface area (Å²) < 4.78 is 0. The summed E-state index contributed by atoms with van der Waals surface area (Å²) in [6.07, 6.45) is 3.59. The van der Waals surface area contributed by atoms with Gasteiger partial charge in [0.15, 0.2) is 0 Å². The molecule has 0 saturated carbocycles. The molecule has 5 heteroatoms. The van der Waals surface area contributed by atoms with Gasteiger partial charge < -0.3 is 0 Å². The van der Waals surface area contributed by atoms with Crippen molar-refractivity contribution in [2.24, 2.45) is 4.99 Å². The number of carbonyl (C=O) groups is 1. The number of halogens is 1. The highest BCUT2D eigenvalue weighted by atomic mass is 35.5. The van der Waals surface area contributed by atoms with Gasteiger partial charge in [0.25, 0.3) is 5.91 Å². The topological polar surface area (TPSA) is 44.7 Å². The number of hydrogen-bond acceptors (Lipinski definition) is 3. The standard InChI is InChI=1S/C6H7N3O.ClH/c10-6-4-9-5(3-7-6)1-2-8-9;/h1,3,8H,2,4H2;1H. The first-order chi connectivity index (χ1) is 4.86. The molecule has 0 spiro atoms. The maximum atomic E-state index is 10.7. The summed E-state index contributed by atoms with van der Waals surface area (Å²) in [5.41, 5.74) is 4.02. The average Bonchev–Trinajstić information content (AvgIpc) is 2.33. The normalized spacial score (nSPS) is 20.9. The summed E-state index contributed by atoms with van der Waals surface area (Å²) in [7, 11) is 0. The Labute approximate surface area is 70.4 Å². The monoisotopic (exact) mass is 173 g/mol. The van der Waals surface area contributed by atoms with Crippen LogP contribution in [0.2, 0.25) is 0 Å². The van der Waals surface area contributed by atoms with Crippen LogP contribution in [-0.2, 0) is 4.79 Å². The van der Waals surface area contributed by atoms with E-state index in [1.54, 1.807) is 11.2 Å². The number of allylic oxidation sites excluding steroid dienone is 1. The number of nitrogens with one attached hydrogen (secondary N) is 1. The SMILES string of the molecule is Cl.O=C1CN2NCC=C2C=N1. The van der Waals surface area contributed by atoms with Crippen molar-refractivity contribution in [1.29, 1.82) is 0 Å². The van der Waals surface area contributed by atoms with E-state index in [-0.39, 0.29) is 18.3 Å².